The maximum Gasteiger partial charge on any atom is 0.330 e. The van der Waals surface area contributed by atoms with Crippen LogP contribution in [-0.2, 0) is 16.0 Å². The molecular formula is C18H20N2O3. The molecule has 5 heteroatoms. The molecule has 0 saturated carbocycles. The predicted molar refractivity (Wildman–Crippen MR) is 89.4 cm³/mol. The number of rotatable bonds is 7. The van der Waals surface area contributed by atoms with E-state index in [4.69, 9.17) is 4.74 Å². The van der Waals surface area contributed by atoms with E-state index in [2.05, 4.69) is 10.6 Å². The van der Waals surface area contributed by atoms with Crippen molar-refractivity contribution in [1.82, 2.24) is 5.32 Å². The first-order chi connectivity index (χ1) is 11.1. The molecule has 0 fully saturated rings. The lowest BCUT2D eigenvalue weighted by molar-refractivity contribution is -0.132. The zero-order valence-corrected chi connectivity index (χ0v) is 13.0. The highest BCUT2D eigenvalue weighted by atomic mass is 16.5. The molecule has 2 N–H and O–H groups in total. The number of carbonyl (C=O) groups is 2. The number of carbonyl (C=O) groups excluding carboxylic acids is 2. The van der Waals surface area contributed by atoms with Crippen molar-refractivity contribution in [3.63, 3.8) is 0 Å². The topological polar surface area (TPSA) is 67.4 Å². The molecule has 0 aliphatic carbocycles. The first-order valence-electron chi connectivity index (χ1n) is 7.46. The molecule has 0 saturated heterocycles. The molecule has 0 aliphatic heterocycles. The highest BCUT2D eigenvalue weighted by Gasteiger charge is 2.04. The molecular weight excluding hydrogens is 292 g/mol. The summed E-state index contributed by atoms with van der Waals surface area (Å²) in [6.07, 6.45) is 0.740. The van der Waals surface area contributed by atoms with Crippen LogP contribution in [-0.4, -0.2) is 25.0 Å². The smallest absolute Gasteiger partial charge is 0.330 e. The van der Waals surface area contributed by atoms with Crippen molar-refractivity contribution in [2.75, 3.05) is 18.4 Å². The first kappa shape index (κ1) is 16.5. The molecule has 0 aromatic heterocycles. The summed E-state index contributed by atoms with van der Waals surface area (Å²) in [7, 11) is 0. The van der Waals surface area contributed by atoms with E-state index in [-0.39, 0.29) is 18.4 Å². The van der Waals surface area contributed by atoms with Crippen LogP contribution in [0.2, 0.25) is 0 Å². The summed E-state index contributed by atoms with van der Waals surface area (Å²) in [6.45, 7) is 2.18. The van der Waals surface area contributed by atoms with Gasteiger partial charge in [-0.15, -0.1) is 0 Å². The van der Waals surface area contributed by atoms with Crippen molar-refractivity contribution < 1.29 is 14.3 Å². The van der Waals surface area contributed by atoms with E-state index in [1.54, 1.807) is 12.1 Å². The van der Waals surface area contributed by atoms with E-state index in [9.17, 15) is 9.59 Å². The lowest BCUT2D eigenvalue weighted by atomic mass is 10.1. The van der Waals surface area contributed by atoms with Crippen LogP contribution in [0.5, 0.6) is 5.75 Å². The Bertz CT molecular complexity index is 656. The minimum Gasteiger partial charge on any atom is -0.425 e. The normalized spacial score (nSPS) is 9.96. The van der Waals surface area contributed by atoms with Crippen LogP contribution in [0.15, 0.2) is 54.6 Å². The van der Waals surface area contributed by atoms with Crippen LogP contribution in [0.25, 0.3) is 0 Å². The Balaban J connectivity index is 1.81. The van der Waals surface area contributed by atoms with Crippen molar-refractivity contribution in [2.24, 2.45) is 0 Å². The van der Waals surface area contributed by atoms with Gasteiger partial charge in [0.2, 0.25) is 5.91 Å². The summed E-state index contributed by atoms with van der Waals surface area (Å²) in [4.78, 5) is 22.6. The maximum atomic E-state index is 11.8. The van der Waals surface area contributed by atoms with Gasteiger partial charge in [0.1, 0.15) is 12.3 Å². The molecule has 0 atom stereocenters. The number of hydrogen-bond acceptors (Lipinski definition) is 4. The Labute approximate surface area is 135 Å². The van der Waals surface area contributed by atoms with Gasteiger partial charge in [-0.25, -0.2) is 4.79 Å². The summed E-state index contributed by atoms with van der Waals surface area (Å²) in [5.41, 5.74) is 1.93. The van der Waals surface area contributed by atoms with Crippen molar-refractivity contribution in [1.29, 1.82) is 0 Å². The standard InChI is InChI=1S/C18H20N2O3/c1-14(21)19-11-10-15-6-5-7-16(12-15)20-13-18(22)23-17-8-3-2-4-9-17/h2-9,12,20H,10-11,13H2,1H3,(H,19,21). The lowest BCUT2D eigenvalue weighted by Crippen LogP contribution is -2.22. The van der Waals surface area contributed by atoms with Crippen molar-refractivity contribution >= 4 is 17.6 Å². The number of esters is 1. The fraction of sp³-hybridized carbons (Fsp3) is 0.222. The molecule has 2 rings (SSSR count). The van der Waals surface area contributed by atoms with Gasteiger partial charge >= 0.3 is 5.97 Å². The Morgan fingerprint density at radius 1 is 1.04 bits per heavy atom. The number of benzene rings is 2. The largest absolute Gasteiger partial charge is 0.425 e. The van der Waals surface area contributed by atoms with Gasteiger partial charge in [-0.05, 0) is 36.2 Å². The SMILES string of the molecule is CC(=O)NCCc1cccc(NCC(=O)Oc2ccccc2)c1. The molecule has 120 valence electrons. The molecule has 23 heavy (non-hydrogen) atoms. The van der Waals surface area contributed by atoms with E-state index in [0.717, 1.165) is 17.7 Å². The summed E-state index contributed by atoms with van der Waals surface area (Å²) < 4.78 is 5.21. The number of nitrogens with one attached hydrogen (secondary N) is 2. The summed E-state index contributed by atoms with van der Waals surface area (Å²) in [5, 5.41) is 5.80. The highest BCUT2D eigenvalue weighted by Crippen LogP contribution is 2.12. The van der Waals surface area contributed by atoms with Gasteiger partial charge in [0.05, 0.1) is 0 Å². The molecule has 0 spiro atoms. The summed E-state index contributed by atoms with van der Waals surface area (Å²) in [5.74, 6) is 0.145. The second kappa shape index (κ2) is 8.58. The molecule has 0 unspecified atom stereocenters. The van der Waals surface area contributed by atoms with Gasteiger partial charge in [-0.1, -0.05) is 30.3 Å². The van der Waals surface area contributed by atoms with Crippen LogP contribution >= 0.6 is 0 Å². The zero-order valence-electron chi connectivity index (χ0n) is 13.0. The van der Waals surface area contributed by atoms with Gasteiger partial charge < -0.3 is 15.4 Å². The minimum atomic E-state index is -0.347. The summed E-state index contributed by atoms with van der Waals surface area (Å²) in [6, 6.07) is 16.7. The van der Waals surface area contributed by atoms with E-state index in [1.807, 2.05) is 42.5 Å². The van der Waals surface area contributed by atoms with Crippen LogP contribution in [0.1, 0.15) is 12.5 Å². The average molecular weight is 312 g/mol. The predicted octanol–water partition coefficient (Wildman–Crippen LogP) is 2.38. The monoisotopic (exact) mass is 312 g/mol. The molecule has 1 amide bonds. The van der Waals surface area contributed by atoms with Gasteiger partial charge in [0.15, 0.2) is 0 Å². The molecule has 0 radical (unpaired) electrons. The molecule has 2 aromatic rings. The summed E-state index contributed by atoms with van der Waals surface area (Å²) >= 11 is 0. The van der Waals surface area contributed by atoms with Crippen molar-refractivity contribution in [2.45, 2.75) is 13.3 Å². The van der Waals surface area contributed by atoms with E-state index in [0.29, 0.717) is 12.3 Å². The van der Waals surface area contributed by atoms with Gasteiger partial charge in [0.25, 0.3) is 0 Å². The second-order valence-electron chi connectivity index (χ2n) is 5.07. The number of hydrogen-bond donors (Lipinski definition) is 2. The Morgan fingerprint density at radius 3 is 2.57 bits per heavy atom. The second-order valence-corrected chi connectivity index (χ2v) is 5.07. The fourth-order valence-corrected chi connectivity index (χ4v) is 2.05. The third kappa shape index (κ3) is 6.22. The van der Waals surface area contributed by atoms with E-state index in [1.165, 1.54) is 6.92 Å². The molecule has 0 aliphatic rings. The molecule has 2 aromatic carbocycles. The maximum absolute atomic E-state index is 11.8. The van der Waals surface area contributed by atoms with E-state index >= 15 is 0 Å². The number of anilines is 1. The van der Waals surface area contributed by atoms with Gasteiger partial charge in [-0.2, -0.15) is 0 Å². The molecule has 5 nitrogen and oxygen atoms in total. The molecule has 0 bridgehead atoms. The van der Waals surface area contributed by atoms with Crippen molar-refractivity contribution in [3.05, 3.63) is 60.2 Å². The molecule has 0 heterocycles. The van der Waals surface area contributed by atoms with Crippen molar-refractivity contribution in [3.8, 4) is 5.75 Å². The number of para-hydroxylation sites is 1. The third-order valence-electron chi connectivity index (χ3n) is 3.13. The average Bonchev–Trinajstić information content (AvgIpc) is 2.54. The van der Waals surface area contributed by atoms with Crippen LogP contribution in [0.3, 0.4) is 0 Å². The van der Waals surface area contributed by atoms with Gasteiger partial charge in [-0.3, -0.25) is 4.79 Å². The van der Waals surface area contributed by atoms with Crippen LogP contribution < -0.4 is 15.4 Å². The lowest BCUT2D eigenvalue weighted by Gasteiger charge is -2.09. The number of amides is 1. The van der Waals surface area contributed by atoms with E-state index < -0.39 is 0 Å². The Kier molecular flexibility index (Phi) is 6.17. The quantitative estimate of drug-likeness (QED) is 0.608. The number of ether oxygens (including phenoxy) is 1. The minimum absolute atomic E-state index is 0.0389. The van der Waals surface area contributed by atoms with Crippen LogP contribution in [0.4, 0.5) is 5.69 Å². The Hall–Kier alpha value is -2.82. The third-order valence-corrected chi connectivity index (χ3v) is 3.13. The fourth-order valence-electron chi connectivity index (χ4n) is 2.05. The first-order valence-corrected chi connectivity index (χ1v) is 7.46. The Morgan fingerprint density at radius 2 is 1.83 bits per heavy atom. The zero-order chi connectivity index (χ0) is 16.5. The highest BCUT2D eigenvalue weighted by molar-refractivity contribution is 5.77. The van der Waals surface area contributed by atoms with Crippen LogP contribution in [0, 0.1) is 0 Å². The van der Waals surface area contributed by atoms with Gasteiger partial charge in [0, 0.05) is 19.2 Å².